The van der Waals surface area contributed by atoms with Crippen molar-refractivity contribution < 1.29 is 0 Å². The third-order valence-electron chi connectivity index (χ3n) is 2.50. The highest BCUT2D eigenvalue weighted by atomic mass is 15.1. The summed E-state index contributed by atoms with van der Waals surface area (Å²) < 4.78 is 2.06. The second-order valence-electron chi connectivity index (χ2n) is 3.72. The molecule has 2 rings (SSSR count). The summed E-state index contributed by atoms with van der Waals surface area (Å²) in [6, 6.07) is 5.86. The Hall–Kier alpha value is -1.68. The first-order valence-corrected chi connectivity index (χ1v) is 5.39. The van der Waals surface area contributed by atoms with Crippen LogP contribution in [0.15, 0.2) is 30.6 Å². The van der Waals surface area contributed by atoms with Crippen LogP contribution in [0.25, 0.3) is 11.4 Å². The fourth-order valence-corrected chi connectivity index (χ4v) is 1.61. The molecule has 0 aliphatic heterocycles. The summed E-state index contributed by atoms with van der Waals surface area (Å²) in [5.41, 5.74) is 1.86. The molecule has 1 N–H and O–H groups in total. The van der Waals surface area contributed by atoms with Gasteiger partial charge in [-0.25, -0.2) is 4.98 Å². The van der Waals surface area contributed by atoms with Crippen LogP contribution in [-0.2, 0) is 13.5 Å². The van der Waals surface area contributed by atoms with Crippen molar-refractivity contribution in [3.05, 3.63) is 36.4 Å². The van der Waals surface area contributed by atoms with Gasteiger partial charge in [-0.2, -0.15) is 0 Å². The van der Waals surface area contributed by atoms with Crippen molar-refractivity contribution in [2.75, 3.05) is 13.6 Å². The molecule has 2 heterocycles. The van der Waals surface area contributed by atoms with Crippen LogP contribution < -0.4 is 5.32 Å². The molecule has 0 bridgehead atoms. The van der Waals surface area contributed by atoms with Crippen LogP contribution in [0.2, 0.25) is 0 Å². The minimum atomic E-state index is 0.925. The van der Waals surface area contributed by atoms with Crippen LogP contribution in [-0.4, -0.2) is 28.1 Å². The molecule has 4 nitrogen and oxygen atoms in total. The van der Waals surface area contributed by atoms with Crippen LogP contribution in [0.3, 0.4) is 0 Å². The fraction of sp³-hybridized carbons (Fsp3) is 0.333. The lowest BCUT2D eigenvalue weighted by Crippen LogP contribution is -2.12. The van der Waals surface area contributed by atoms with Gasteiger partial charge in [-0.05, 0) is 19.2 Å². The van der Waals surface area contributed by atoms with Crippen LogP contribution in [0.5, 0.6) is 0 Å². The predicted molar refractivity (Wildman–Crippen MR) is 64.1 cm³/mol. The van der Waals surface area contributed by atoms with Gasteiger partial charge in [0.25, 0.3) is 0 Å². The van der Waals surface area contributed by atoms with E-state index in [1.54, 1.807) is 6.20 Å². The highest BCUT2D eigenvalue weighted by Gasteiger charge is 2.06. The van der Waals surface area contributed by atoms with E-state index >= 15 is 0 Å². The van der Waals surface area contributed by atoms with Gasteiger partial charge in [-0.3, -0.25) is 4.98 Å². The summed E-state index contributed by atoms with van der Waals surface area (Å²) in [4.78, 5) is 8.87. The van der Waals surface area contributed by atoms with E-state index in [9.17, 15) is 0 Å². The number of rotatable bonds is 4. The van der Waals surface area contributed by atoms with E-state index in [0.717, 1.165) is 30.2 Å². The molecule has 2 aromatic heterocycles. The predicted octanol–water partition coefficient (Wildman–Crippen LogP) is 1.24. The first-order valence-electron chi connectivity index (χ1n) is 5.39. The van der Waals surface area contributed by atoms with E-state index < -0.39 is 0 Å². The van der Waals surface area contributed by atoms with Crippen molar-refractivity contribution >= 4 is 0 Å². The SMILES string of the molecule is CNCCc1nc(-c2ccccn2)cn1C. The smallest absolute Gasteiger partial charge is 0.110 e. The maximum atomic E-state index is 4.58. The number of aryl methyl sites for hydroxylation is 1. The van der Waals surface area contributed by atoms with Gasteiger partial charge in [0.05, 0.1) is 5.69 Å². The number of nitrogens with zero attached hydrogens (tertiary/aromatic N) is 3. The number of hydrogen-bond acceptors (Lipinski definition) is 3. The number of likely N-dealkylation sites (N-methyl/N-ethyl adjacent to an activating group) is 1. The summed E-state index contributed by atoms with van der Waals surface area (Å²) in [5, 5.41) is 3.12. The number of nitrogens with one attached hydrogen (secondary N) is 1. The Balaban J connectivity index is 2.24. The summed E-state index contributed by atoms with van der Waals surface area (Å²) in [7, 11) is 3.97. The van der Waals surface area contributed by atoms with Gasteiger partial charge < -0.3 is 9.88 Å². The zero-order chi connectivity index (χ0) is 11.4. The first kappa shape index (κ1) is 10.8. The number of aromatic nitrogens is 3. The summed E-state index contributed by atoms with van der Waals surface area (Å²) in [5.74, 6) is 1.08. The van der Waals surface area contributed by atoms with E-state index in [0.29, 0.717) is 0 Å². The third kappa shape index (κ3) is 2.28. The minimum Gasteiger partial charge on any atom is -0.337 e. The van der Waals surface area contributed by atoms with Gasteiger partial charge in [0, 0.05) is 32.4 Å². The van der Waals surface area contributed by atoms with Gasteiger partial charge in [0.2, 0.25) is 0 Å². The molecular weight excluding hydrogens is 200 g/mol. The topological polar surface area (TPSA) is 42.7 Å². The second-order valence-corrected chi connectivity index (χ2v) is 3.72. The number of pyridine rings is 1. The zero-order valence-corrected chi connectivity index (χ0v) is 9.64. The van der Waals surface area contributed by atoms with Crippen LogP contribution in [0.1, 0.15) is 5.82 Å². The van der Waals surface area contributed by atoms with E-state index in [-0.39, 0.29) is 0 Å². The summed E-state index contributed by atoms with van der Waals surface area (Å²) in [6.45, 7) is 0.937. The lowest BCUT2D eigenvalue weighted by atomic mass is 10.3. The Morgan fingerprint density at radius 2 is 2.19 bits per heavy atom. The average Bonchev–Trinajstić information content (AvgIpc) is 2.69. The molecule has 0 aliphatic rings. The molecule has 0 unspecified atom stereocenters. The van der Waals surface area contributed by atoms with E-state index in [1.165, 1.54) is 0 Å². The van der Waals surface area contributed by atoms with Gasteiger partial charge in [0.1, 0.15) is 11.5 Å². The zero-order valence-electron chi connectivity index (χ0n) is 9.64. The summed E-state index contributed by atoms with van der Waals surface area (Å²) >= 11 is 0. The van der Waals surface area contributed by atoms with Crippen molar-refractivity contribution in [2.45, 2.75) is 6.42 Å². The van der Waals surface area contributed by atoms with E-state index in [2.05, 4.69) is 19.9 Å². The quantitative estimate of drug-likeness (QED) is 0.836. The molecule has 0 aromatic carbocycles. The number of hydrogen-bond donors (Lipinski definition) is 1. The average molecular weight is 216 g/mol. The molecule has 2 aromatic rings. The molecule has 0 saturated heterocycles. The van der Waals surface area contributed by atoms with Gasteiger partial charge in [0.15, 0.2) is 0 Å². The molecule has 0 atom stereocenters. The molecule has 0 spiro atoms. The Morgan fingerprint density at radius 3 is 2.88 bits per heavy atom. The van der Waals surface area contributed by atoms with Crippen LogP contribution in [0, 0.1) is 0 Å². The Morgan fingerprint density at radius 1 is 1.31 bits per heavy atom. The van der Waals surface area contributed by atoms with Gasteiger partial charge >= 0.3 is 0 Å². The first-order chi connectivity index (χ1) is 7.81. The normalized spacial score (nSPS) is 10.6. The Labute approximate surface area is 95.4 Å². The summed E-state index contributed by atoms with van der Waals surface area (Å²) in [6.07, 6.45) is 4.74. The Kier molecular flexibility index (Phi) is 3.31. The highest BCUT2D eigenvalue weighted by Crippen LogP contribution is 2.14. The molecular formula is C12H16N4. The third-order valence-corrected chi connectivity index (χ3v) is 2.50. The number of imidazole rings is 1. The Bertz CT molecular complexity index is 447. The van der Waals surface area contributed by atoms with Crippen molar-refractivity contribution in [1.82, 2.24) is 19.9 Å². The molecule has 16 heavy (non-hydrogen) atoms. The van der Waals surface area contributed by atoms with Crippen molar-refractivity contribution in [3.8, 4) is 11.4 Å². The molecule has 0 saturated carbocycles. The molecule has 4 heteroatoms. The molecule has 0 amide bonds. The van der Waals surface area contributed by atoms with E-state index in [1.807, 2.05) is 38.5 Å². The lowest BCUT2D eigenvalue weighted by molar-refractivity contribution is 0.718. The van der Waals surface area contributed by atoms with Gasteiger partial charge in [-0.15, -0.1) is 0 Å². The van der Waals surface area contributed by atoms with E-state index in [4.69, 9.17) is 0 Å². The molecule has 0 fully saturated rings. The minimum absolute atomic E-state index is 0.925. The lowest BCUT2D eigenvalue weighted by Gasteiger charge is -1.99. The van der Waals surface area contributed by atoms with Crippen LogP contribution in [0.4, 0.5) is 0 Å². The van der Waals surface area contributed by atoms with Crippen molar-refractivity contribution in [3.63, 3.8) is 0 Å². The standard InChI is InChI=1S/C12H16N4/c1-13-8-6-12-15-11(9-16(12)2)10-5-3-4-7-14-10/h3-5,7,9,13H,6,8H2,1-2H3. The van der Waals surface area contributed by atoms with Crippen molar-refractivity contribution in [1.29, 1.82) is 0 Å². The fourth-order valence-electron chi connectivity index (χ4n) is 1.61. The maximum absolute atomic E-state index is 4.58. The molecule has 0 radical (unpaired) electrons. The highest BCUT2D eigenvalue weighted by molar-refractivity contribution is 5.52. The van der Waals surface area contributed by atoms with Gasteiger partial charge in [-0.1, -0.05) is 6.07 Å². The monoisotopic (exact) mass is 216 g/mol. The second kappa shape index (κ2) is 4.90. The van der Waals surface area contributed by atoms with Crippen molar-refractivity contribution in [2.24, 2.45) is 7.05 Å². The molecule has 84 valence electrons. The molecule has 0 aliphatic carbocycles. The maximum Gasteiger partial charge on any atom is 0.110 e. The van der Waals surface area contributed by atoms with Crippen LogP contribution >= 0.6 is 0 Å². The largest absolute Gasteiger partial charge is 0.337 e.